The average molecular weight is 516 g/mol. The summed E-state index contributed by atoms with van der Waals surface area (Å²) in [7, 11) is 0. The number of para-hydroxylation sites is 1. The zero-order chi connectivity index (χ0) is 23.8. The second kappa shape index (κ2) is 11.2. The van der Waals surface area contributed by atoms with Gasteiger partial charge in [-0.2, -0.15) is 5.10 Å². The molecule has 6 nitrogen and oxygen atoms in total. The number of hydrogen-bond donors (Lipinski definition) is 2. The molecule has 0 unspecified atom stereocenters. The van der Waals surface area contributed by atoms with Crippen molar-refractivity contribution in [2.45, 2.75) is 6.61 Å². The van der Waals surface area contributed by atoms with Crippen LogP contribution in [0.25, 0.3) is 10.8 Å². The molecule has 0 spiro atoms. The van der Waals surface area contributed by atoms with Gasteiger partial charge in [0, 0.05) is 15.6 Å². The van der Waals surface area contributed by atoms with Crippen LogP contribution in [0.2, 0.25) is 0 Å². The molecule has 4 aromatic rings. The topological polar surface area (TPSA) is 79.8 Å². The number of halogens is 1. The van der Waals surface area contributed by atoms with E-state index in [1.165, 1.54) is 6.21 Å². The van der Waals surface area contributed by atoms with Gasteiger partial charge in [-0.1, -0.05) is 76.6 Å². The summed E-state index contributed by atoms with van der Waals surface area (Å²) in [5, 5.41) is 8.44. The fourth-order valence-electron chi connectivity index (χ4n) is 3.35. The van der Waals surface area contributed by atoms with Crippen LogP contribution in [0.3, 0.4) is 0 Å². The molecule has 0 aliphatic carbocycles. The Balaban J connectivity index is 1.31. The van der Waals surface area contributed by atoms with Crippen LogP contribution in [0.4, 0.5) is 0 Å². The van der Waals surface area contributed by atoms with E-state index in [1.807, 2.05) is 84.9 Å². The molecule has 4 aromatic carbocycles. The van der Waals surface area contributed by atoms with Gasteiger partial charge in [-0.05, 0) is 46.7 Å². The van der Waals surface area contributed by atoms with Crippen LogP contribution >= 0.6 is 15.9 Å². The van der Waals surface area contributed by atoms with Gasteiger partial charge in [0.1, 0.15) is 12.4 Å². The molecule has 0 fully saturated rings. The van der Waals surface area contributed by atoms with Crippen molar-refractivity contribution in [2.75, 3.05) is 6.54 Å². The minimum atomic E-state index is -0.432. The third kappa shape index (κ3) is 6.08. The standard InChI is InChI=1S/C27H22BrN3O3/c28-22-14-12-19(13-15-22)18-34-25-11-4-2-7-21(25)16-30-31-26(32)17-29-27(33)24-10-5-8-20-6-1-3-9-23(20)24/h1-16H,17-18H2,(H,29,33)(H,31,32)/b30-16+. The summed E-state index contributed by atoms with van der Waals surface area (Å²) in [6.45, 7) is 0.214. The lowest BCUT2D eigenvalue weighted by molar-refractivity contribution is -0.120. The minimum absolute atomic E-state index is 0.193. The number of hydrogen-bond acceptors (Lipinski definition) is 4. The minimum Gasteiger partial charge on any atom is -0.488 e. The molecule has 0 bridgehead atoms. The Morgan fingerprint density at radius 1 is 0.882 bits per heavy atom. The van der Waals surface area contributed by atoms with Gasteiger partial charge in [0.05, 0.1) is 12.8 Å². The van der Waals surface area contributed by atoms with Gasteiger partial charge in [0.15, 0.2) is 0 Å². The normalized spacial score (nSPS) is 10.9. The van der Waals surface area contributed by atoms with Crippen LogP contribution in [0, 0.1) is 0 Å². The van der Waals surface area contributed by atoms with Crippen LogP contribution in [-0.2, 0) is 11.4 Å². The number of amides is 2. The van der Waals surface area contributed by atoms with E-state index in [0.29, 0.717) is 17.9 Å². The summed E-state index contributed by atoms with van der Waals surface area (Å²) in [5.74, 6) is -0.103. The van der Waals surface area contributed by atoms with Gasteiger partial charge in [0.25, 0.3) is 11.8 Å². The van der Waals surface area contributed by atoms with Crippen LogP contribution in [0.1, 0.15) is 21.5 Å². The number of rotatable bonds is 8. The maximum atomic E-state index is 12.6. The van der Waals surface area contributed by atoms with E-state index in [0.717, 1.165) is 26.4 Å². The lowest BCUT2D eigenvalue weighted by Crippen LogP contribution is -2.35. The second-order valence-corrected chi connectivity index (χ2v) is 8.37. The highest BCUT2D eigenvalue weighted by Gasteiger charge is 2.11. The molecule has 34 heavy (non-hydrogen) atoms. The molecule has 0 aliphatic rings. The van der Waals surface area contributed by atoms with Crippen LogP contribution in [-0.4, -0.2) is 24.6 Å². The molecule has 7 heteroatoms. The van der Waals surface area contributed by atoms with Gasteiger partial charge in [0.2, 0.25) is 0 Å². The SMILES string of the molecule is O=C(CNC(=O)c1cccc2ccccc12)N/N=C/c1ccccc1OCc1ccc(Br)cc1. The zero-order valence-corrected chi connectivity index (χ0v) is 19.8. The molecular weight excluding hydrogens is 494 g/mol. The zero-order valence-electron chi connectivity index (χ0n) is 18.2. The van der Waals surface area contributed by atoms with E-state index < -0.39 is 5.91 Å². The maximum Gasteiger partial charge on any atom is 0.259 e. The summed E-state index contributed by atoms with van der Waals surface area (Å²) in [6.07, 6.45) is 1.52. The van der Waals surface area contributed by atoms with Crippen molar-refractivity contribution in [1.82, 2.24) is 10.7 Å². The van der Waals surface area contributed by atoms with Crippen molar-refractivity contribution >= 4 is 44.7 Å². The Hall–Kier alpha value is -3.97. The van der Waals surface area contributed by atoms with Gasteiger partial charge in [-0.3, -0.25) is 9.59 Å². The van der Waals surface area contributed by atoms with Crippen molar-refractivity contribution in [1.29, 1.82) is 0 Å². The largest absolute Gasteiger partial charge is 0.488 e. The van der Waals surface area contributed by atoms with E-state index in [2.05, 4.69) is 31.8 Å². The van der Waals surface area contributed by atoms with E-state index >= 15 is 0 Å². The highest BCUT2D eigenvalue weighted by atomic mass is 79.9. The number of nitrogens with one attached hydrogen (secondary N) is 2. The maximum absolute atomic E-state index is 12.6. The van der Waals surface area contributed by atoms with E-state index in [-0.39, 0.29) is 12.5 Å². The van der Waals surface area contributed by atoms with Crippen molar-refractivity contribution in [3.63, 3.8) is 0 Å². The Morgan fingerprint density at radius 3 is 2.47 bits per heavy atom. The number of carbonyl (C=O) groups excluding carboxylic acids is 2. The monoisotopic (exact) mass is 515 g/mol. The Morgan fingerprint density at radius 2 is 1.62 bits per heavy atom. The van der Waals surface area contributed by atoms with Crippen LogP contribution in [0.15, 0.2) is 101 Å². The van der Waals surface area contributed by atoms with Crippen molar-refractivity contribution in [2.24, 2.45) is 5.10 Å². The fraction of sp³-hybridized carbons (Fsp3) is 0.0741. The van der Waals surface area contributed by atoms with Crippen LogP contribution < -0.4 is 15.5 Å². The third-order valence-electron chi connectivity index (χ3n) is 5.06. The molecule has 0 heterocycles. The first-order valence-electron chi connectivity index (χ1n) is 10.6. The number of carbonyl (C=O) groups is 2. The molecule has 0 aliphatic heterocycles. The van der Waals surface area contributed by atoms with Gasteiger partial charge in [-0.15, -0.1) is 0 Å². The molecule has 170 valence electrons. The molecule has 0 atom stereocenters. The summed E-state index contributed by atoms with van der Waals surface area (Å²) in [5.41, 5.74) is 4.71. The van der Waals surface area contributed by atoms with E-state index in [1.54, 1.807) is 6.07 Å². The lowest BCUT2D eigenvalue weighted by Gasteiger charge is -2.09. The first-order valence-corrected chi connectivity index (χ1v) is 11.4. The van der Waals surface area contributed by atoms with Gasteiger partial charge < -0.3 is 10.1 Å². The summed E-state index contributed by atoms with van der Waals surface area (Å²) in [4.78, 5) is 24.7. The molecule has 0 saturated heterocycles. The number of fused-ring (bicyclic) bond motifs is 1. The first kappa shape index (κ1) is 23.2. The number of ether oxygens (including phenoxy) is 1. The Labute approximate surface area is 205 Å². The van der Waals surface area contributed by atoms with E-state index in [4.69, 9.17) is 4.74 Å². The average Bonchev–Trinajstić information content (AvgIpc) is 2.87. The predicted octanol–water partition coefficient (Wildman–Crippen LogP) is 5.06. The summed E-state index contributed by atoms with van der Waals surface area (Å²) < 4.78 is 6.91. The molecule has 2 N–H and O–H groups in total. The van der Waals surface area contributed by atoms with Crippen molar-refractivity contribution in [3.05, 3.63) is 112 Å². The molecule has 0 radical (unpaired) electrons. The Kier molecular flexibility index (Phi) is 7.67. The van der Waals surface area contributed by atoms with Gasteiger partial charge in [-0.25, -0.2) is 5.43 Å². The number of hydrazone groups is 1. The van der Waals surface area contributed by atoms with Crippen molar-refractivity contribution < 1.29 is 14.3 Å². The smallest absolute Gasteiger partial charge is 0.259 e. The fourth-order valence-corrected chi connectivity index (χ4v) is 3.62. The first-order chi connectivity index (χ1) is 16.6. The molecule has 4 rings (SSSR count). The lowest BCUT2D eigenvalue weighted by atomic mass is 10.0. The predicted molar refractivity (Wildman–Crippen MR) is 137 cm³/mol. The van der Waals surface area contributed by atoms with Crippen LogP contribution in [0.5, 0.6) is 5.75 Å². The molecule has 2 amide bonds. The molecule has 0 aromatic heterocycles. The summed E-state index contributed by atoms with van der Waals surface area (Å²) in [6, 6.07) is 28.4. The number of nitrogens with zero attached hydrogens (tertiary/aromatic N) is 1. The summed E-state index contributed by atoms with van der Waals surface area (Å²) >= 11 is 3.42. The molecular formula is C27H22BrN3O3. The Bertz CT molecular complexity index is 1330. The molecule has 0 saturated carbocycles. The highest BCUT2D eigenvalue weighted by molar-refractivity contribution is 9.10. The second-order valence-electron chi connectivity index (χ2n) is 7.46. The van der Waals surface area contributed by atoms with E-state index in [9.17, 15) is 9.59 Å². The third-order valence-corrected chi connectivity index (χ3v) is 5.59. The van der Waals surface area contributed by atoms with Gasteiger partial charge >= 0.3 is 0 Å². The highest BCUT2D eigenvalue weighted by Crippen LogP contribution is 2.19. The quantitative estimate of drug-likeness (QED) is 0.254. The number of benzene rings is 4. The van der Waals surface area contributed by atoms with Crippen molar-refractivity contribution in [3.8, 4) is 5.75 Å².